The third-order valence-corrected chi connectivity index (χ3v) is 4.72. The number of nitrogens with zero attached hydrogens (tertiary/aromatic N) is 1. The molecule has 0 radical (unpaired) electrons. The Morgan fingerprint density at radius 2 is 1.84 bits per heavy atom. The van der Waals surface area contributed by atoms with Crippen molar-refractivity contribution in [3.05, 3.63) is 47.4 Å². The number of methoxy groups -OCH3 is 1. The van der Waals surface area contributed by atoms with Gasteiger partial charge in [0.2, 0.25) is 5.91 Å². The first kappa shape index (κ1) is 19.3. The molecule has 0 aliphatic carbocycles. The van der Waals surface area contributed by atoms with Crippen molar-refractivity contribution in [3.63, 3.8) is 0 Å². The Morgan fingerprint density at radius 3 is 2.28 bits per heavy atom. The molecule has 0 saturated carbocycles. The molecular formula is C20H26FNO3. The van der Waals surface area contributed by atoms with Crippen LogP contribution in [0.15, 0.2) is 36.0 Å². The second kappa shape index (κ2) is 7.48. The summed E-state index contributed by atoms with van der Waals surface area (Å²) in [5.74, 6) is -1.00. The molecule has 0 N–H and O–H groups in total. The Kier molecular flexibility index (Phi) is 5.78. The smallest absolute Gasteiger partial charge is 0.243 e. The van der Waals surface area contributed by atoms with Crippen LogP contribution in [0.4, 0.5) is 4.39 Å². The molecule has 1 aromatic carbocycles. The minimum Gasteiger partial charge on any atom is -0.383 e. The van der Waals surface area contributed by atoms with E-state index in [1.165, 1.54) is 19.2 Å². The summed E-state index contributed by atoms with van der Waals surface area (Å²) in [5.41, 5.74) is 0.248. The van der Waals surface area contributed by atoms with Gasteiger partial charge in [0.05, 0.1) is 6.61 Å². The molecule has 25 heavy (non-hydrogen) atoms. The van der Waals surface area contributed by atoms with Crippen molar-refractivity contribution in [2.45, 2.75) is 39.7 Å². The lowest BCUT2D eigenvalue weighted by atomic mass is 9.69. The average molecular weight is 347 g/mol. The van der Waals surface area contributed by atoms with Crippen LogP contribution in [0, 0.1) is 17.2 Å². The predicted molar refractivity (Wildman–Crippen MR) is 94.4 cm³/mol. The van der Waals surface area contributed by atoms with Crippen molar-refractivity contribution < 1.29 is 18.7 Å². The average Bonchev–Trinajstić information content (AvgIpc) is 2.56. The number of aldehydes is 1. The van der Waals surface area contributed by atoms with Crippen LogP contribution in [-0.2, 0) is 14.3 Å². The highest BCUT2D eigenvalue weighted by Gasteiger charge is 2.52. The molecule has 1 heterocycles. The zero-order valence-electron chi connectivity index (χ0n) is 15.5. The molecule has 0 saturated heterocycles. The van der Waals surface area contributed by atoms with Gasteiger partial charge in [0.1, 0.15) is 17.5 Å². The van der Waals surface area contributed by atoms with Gasteiger partial charge in [-0.1, -0.05) is 32.1 Å². The third-order valence-electron chi connectivity index (χ3n) is 4.72. The van der Waals surface area contributed by atoms with E-state index in [1.807, 2.05) is 33.8 Å². The van der Waals surface area contributed by atoms with Gasteiger partial charge < -0.3 is 14.4 Å². The number of rotatable bonds is 6. The van der Waals surface area contributed by atoms with E-state index in [4.69, 9.17) is 4.74 Å². The van der Waals surface area contributed by atoms with E-state index in [0.717, 1.165) is 11.3 Å². The maximum Gasteiger partial charge on any atom is 0.243 e. The van der Waals surface area contributed by atoms with Gasteiger partial charge in [-0.2, -0.15) is 0 Å². The van der Waals surface area contributed by atoms with Crippen LogP contribution in [0.2, 0.25) is 0 Å². The van der Waals surface area contributed by atoms with Crippen molar-refractivity contribution in [3.8, 4) is 0 Å². The SMILES string of the molecule is COCC1(C=O)C(=O)N(C(C)C)C(C(C)C)=CC1c1ccc(F)cc1. The van der Waals surface area contributed by atoms with Crippen molar-refractivity contribution in [1.82, 2.24) is 4.90 Å². The summed E-state index contributed by atoms with van der Waals surface area (Å²) >= 11 is 0. The maximum atomic E-state index is 13.4. The molecule has 0 fully saturated rings. The summed E-state index contributed by atoms with van der Waals surface area (Å²) in [5, 5.41) is 0. The second-order valence-corrected chi connectivity index (χ2v) is 7.14. The Morgan fingerprint density at radius 1 is 1.24 bits per heavy atom. The highest BCUT2D eigenvalue weighted by atomic mass is 19.1. The number of ether oxygens (including phenoxy) is 1. The lowest BCUT2D eigenvalue weighted by molar-refractivity contribution is -0.151. The molecule has 4 nitrogen and oxygen atoms in total. The van der Waals surface area contributed by atoms with Crippen LogP contribution >= 0.6 is 0 Å². The van der Waals surface area contributed by atoms with Gasteiger partial charge >= 0.3 is 0 Å². The standard InChI is InChI=1S/C20H26FNO3/c1-13(2)18-10-17(15-6-8-16(21)9-7-15)20(11-23,12-25-5)19(24)22(18)14(3)4/h6-11,13-14,17H,12H2,1-5H3. The molecule has 0 bridgehead atoms. The van der Waals surface area contributed by atoms with Crippen molar-refractivity contribution in [1.29, 1.82) is 0 Å². The number of carbonyl (C=O) groups is 2. The topological polar surface area (TPSA) is 46.6 Å². The first-order chi connectivity index (χ1) is 11.8. The number of carbonyl (C=O) groups excluding carboxylic acids is 2. The molecule has 1 aliphatic rings. The Balaban J connectivity index is 2.71. The Labute approximate surface area is 148 Å². The number of hydrogen-bond donors (Lipinski definition) is 0. The lowest BCUT2D eigenvalue weighted by Gasteiger charge is -2.45. The van der Waals surface area contributed by atoms with Gasteiger partial charge in [-0.05, 0) is 37.5 Å². The maximum absolute atomic E-state index is 13.4. The van der Waals surface area contributed by atoms with Crippen molar-refractivity contribution in [2.75, 3.05) is 13.7 Å². The third kappa shape index (κ3) is 3.38. The van der Waals surface area contributed by atoms with E-state index >= 15 is 0 Å². The van der Waals surface area contributed by atoms with Gasteiger partial charge in [-0.15, -0.1) is 0 Å². The first-order valence-corrected chi connectivity index (χ1v) is 8.54. The van der Waals surface area contributed by atoms with Gasteiger partial charge in [-0.25, -0.2) is 4.39 Å². The lowest BCUT2D eigenvalue weighted by Crippen LogP contribution is -2.55. The Bertz CT molecular complexity index is 666. The molecule has 1 aliphatic heterocycles. The first-order valence-electron chi connectivity index (χ1n) is 8.54. The molecule has 2 unspecified atom stereocenters. The number of halogens is 1. The van der Waals surface area contributed by atoms with Crippen molar-refractivity contribution >= 4 is 12.2 Å². The fraction of sp³-hybridized carbons (Fsp3) is 0.500. The van der Waals surface area contributed by atoms with Crippen LogP contribution in [0.1, 0.15) is 39.2 Å². The number of amides is 1. The number of hydrogen-bond acceptors (Lipinski definition) is 3. The minimum absolute atomic E-state index is 0.0253. The summed E-state index contributed by atoms with van der Waals surface area (Å²) in [6, 6.07) is 5.87. The summed E-state index contributed by atoms with van der Waals surface area (Å²) < 4.78 is 18.6. The fourth-order valence-electron chi connectivity index (χ4n) is 3.49. The summed E-state index contributed by atoms with van der Waals surface area (Å²) in [6.45, 7) is 7.85. The van der Waals surface area contributed by atoms with E-state index in [2.05, 4.69) is 0 Å². The van der Waals surface area contributed by atoms with E-state index < -0.39 is 11.3 Å². The van der Waals surface area contributed by atoms with Crippen molar-refractivity contribution in [2.24, 2.45) is 11.3 Å². The molecular weight excluding hydrogens is 321 g/mol. The molecule has 1 aromatic rings. The summed E-state index contributed by atoms with van der Waals surface area (Å²) in [6.07, 6.45) is 2.66. The zero-order valence-corrected chi connectivity index (χ0v) is 15.5. The van der Waals surface area contributed by atoms with Crippen LogP contribution in [0.25, 0.3) is 0 Å². The largest absolute Gasteiger partial charge is 0.383 e. The van der Waals surface area contributed by atoms with E-state index in [1.54, 1.807) is 17.0 Å². The molecule has 5 heteroatoms. The minimum atomic E-state index is -1.35. The van der Waals surface area contributed by atoms with E-state index in [0.29, 0.717) is 6.29 Å². The highest BCUT2D eigenvalue weighted by Crippen LogP contribution is 2.45. The predicted octanol–water partition coefficient (Wildman–Crippen LogP) is 3.53. The quantitative estimate of drug-likeness (QED) is 0.584. The zero-order chi connectivity index (χ0) is 18.8. The van der Waals surface area contributed by atoms with Crippen LogP contribution in [0.3, 0.4) is 0 Å². The molecule has 1 amide bonds. The van der Waals surface area contributed by atoms with E-state index in [9.17, 15) is 14.0 Å². The van der Waals surface area contributed by atoms with Gasteiger partial charge in [-0.3, -0.25) is 4.79 Å². The van der Waals surface area contributed by atoms with Gasteiger partial charge in [0.25, 0.3) is 0 Å². The van der Waals surface area contributed by atoms with Crippen LogP contribution in [0.5, 0.6) is 0 Å². The second-order valence-electron chi connectivity index (χ2n) is 7.14. The van der Waals surface area contributed by atoms with E-state index in [-0.39, 0.29) is 30.3 Å². The summed E-state index contributed by atoms with van der Waals surface area (Å²) in [7, 11) is 1.47. The number of allylic oxidation sites excluding steroid dienone is 2. The molecule has 2 rings (SSSR count). The molecule has 0 spiro atoms. The van der Waals surface area contributed by atoms with Crippen LogP contribution in [-0.4, -0.2) is 36.9 Å². The van der Waals surface area contributed by atoms with Gasteiger partial charge in [0.15, 0.2) is 0 Å². The Hall–Kier alpha value is -2.01. The molecule has 0 aromatic heterocycles. The number of benzene rings is 1. The highest BCUT2D eigenvalue weighted by molar-refractivity contribution is 6.00. The summed E-state index contributed by atoms with van der Waals surface area (Å²) in [4.78, 5) is 27.2. The monoisotopic (exact) mass is 347 g/mol. The van der Waals surface area contributed by atoms with Gasteiger partial charge in [0, 0.05) is 24.8 Å². The van der Waals surface area contributed by atoms with Crippen LogP contribution < -0.4 is 0 Å². The fourth-order valence-corrected chi connectivity index (χ4v) is 3.49. The normalized spacial score (nSPS) is 24.0. The molecule has 136 valence electrons. The molecule has 2 atom stereocenters.